The van der Waals surface area contributed by atoms with Crippen LogP contribution in [0.25, 0.3) is 0 Å². The molecule has 0 spiro atoms. The molecular formula is C11H24N2OS. The molecule has 0 bridgehead atoms. The standard InChI is InChI=1S/C11H24N2OS/c1-15-10-8-13-6-3-11(4-7-13)14-9-2-5-12/h11H,2-10,12H2,1H3. The lowest BCUT2D eigenvalue weighted by atomic mass is 10.1. The molecule has 15 heavy (non-hydrogen) atoms. The van der Waals surface area contributed by atoms with Crippen LogP contribution in [0.1, 0.15) is 19.3 Å². The van der Waals surface area contributed by atoms with Crippen LogP contribution in [-0.2, 0) is 4.74 Å². The van der Waals surface area contributed by atoms with Crippen LogP contribution in [-0.4, -0.2) is 55.8 Å². The maximum Gasteiger partial charge on any atom is 0.0599 e. The fourth-order valence-electron chi connectivity index (χ4n) is 1.85. The first-order chi connectivity index (χ1) is 7.36. The summed E-state index contributed by atoms with van der Waals surface area (Å²) < 4.78 is 5.76. The van der Waals surface area contributed by atoms with Crippen LogP contribution in [0.15, 0.2) is 0 Å². The van der Waals surface area contributed by atoms with Crippen LogP contribution >= 0.6 is 11.8 Å². The van der Waals surface area contributed by atoms with Gasteiger partial charge in [0.15, 0.2) is 0 Å². The third-order valence-electron chi connectivity index (χ3n) is 2.85. The first-order valence-electron chi connectivity index (χ1n) is 5.89. The Morgan fingerprint density at radius 1 is 1.40 bits per heavy atom. The smallest absolute Gasteiger partial charge is 0.0599 e. The van der Waals surface area contributed by atoms with Gasteiger partial charge in [0.2, 0.25) is 0 Å². The van der Waals surface area contributed by atoms with Gasteiger partial charge in [-0.1, -0.05) is 0 Å². The number of piperidine rings is 1. The van der Waals surface area contributed by atoms with Crippen molar-refractivity contribution in [2.75, 3.05) is 44.8 Å². The van der Waals surface area contributed by atoms with Gasteiger partial charge >= 0.3 is 0 Å². The molecule has 1 rings (SSSR count). The number of ether oxygens (including phenoxy) is 1. The lowest BCUT2D eigenvalue weighted by Gasteiger charge is -2.31. The van der Waals surface area contributed by atoms with Crippen LogP contribution in [0.3, 0.4) is 0 Å². The maximum absolute atomic E-state index is 5.76. The Morgan fingerprint density at radius 3 is 2.73 bits per heavy atom. The fourth-order valence-corrected chi connectivity index (χ4v) is 2.29. The quantitative estimate of drug-likeness (QED) is 0.669. The largest absolute Gasteiger partial charge is 0.378 e. The second kappa shape index (κ2) is 8.39. The van der Waals surface area contributed by atoms with E-state index in [1.807, 2.05) is 11.8 Å². The molecule has 2 N–H and O–H groups in total. The van der Waals surface area contributed by atoms with Crippen molar-refractivity contribution in [1.29, 1.82) is 0 Å². The second-order valence-corrected chi connectivity index (χ2v) is 5.03. The molecule has 4 heteroatoms. The molecule has 1 fully saturated rings. The topological polar surface area (TPSA) is 38.5 Å². The van der Waals surface area contributed by atoms with Crippen molar-refractivity contribution in [3.05, 3.63) is 0 Å². The van der Waals surface area contributed by atoms with E-state index in [1.54, 1.807) is 0 Å². The minimum absolute atomic E-state index is 0.488. The highest BCUT2D eigenvalue weighted by Crippen LogP contribution is 2.14. The summed E-state index contributed by atoms with van der Waals surface area (Å²) in [5, 5.41) is 0. The number of hydrogen-bond donors (Lipinski definition) is 1. The zero-order valence-corrected chi connectivity index (χ0v) is 10.6. The molecule has 0 aromatic carbocycles. The molecule has 0 atom stereocenters. The number of thioether (sulfide) groups is 1. The average Bonchev–Trinajstić information content (AvgIpc) is 2.28. The molecule has 0 amide bonds. The Kier molecular flexibility index (Phi) is 7.44. The van der Waals surface area contributed by atoms with E-state index >= 15 is 0 Å². The third kappa shape index (κ3) is 5.76. The molecule has 0 aromatic rings. The van der Waals surface area contributed by atoms with E-state index in [2.05, 4.69) is 11.2 Å². The predicted molar refractivity (Wildman–Crippen MR) is 67.5 cm³/mol. The highest BCUT2D eigenvalue weighted by Gasteiger charge is 2.18. The normalized spacial score (nSPS) is 19.6. The average molecular weight is 232 g/mol. The number of nitrogens with two attached hydrogens (primary N) is 1. The van der Waals surface area contributed by atoms with Crippen molar-refractivity contribution in [2.24, 2.45) is 5.73 Å². The van der Waals surface area contributed by atoms with Crippen LogP contribution in [0, 0.1) is 0 Å². The van der Waals surface area contributed by atoms with Gasteiger partial charge in [0, 0.05) is 32.0 Å². The molecule has 0 unspecified atom stereocenters. The van der Waals surface area contributed by atoms with Gasteiger partial charge in [0.25, 0.3) is 0 Å². The van der Waals surface area contributed by atoms with Gasteiger partial charge in [-0.15, -0.1) is 0 Å². The molecular weight excluding hydrogens is 208 g/mol. The Labute approximate surface area is 97.7 Å². The molecule has 0 aromatic heterocycles. The Hall–Kier alpha value is 0.230. The van der Waals surface area contributed by atoms with Crippen molar-refractivity contribution in [3.8, 4) is 0 Å². The van der Waals surface area contributed by atoms with Gasteiger partial charge in [-0.2, -0.15) is 11.8 Å². The molecule has 0 saturated carbocycles. The molecule has 1 heterocycles. The zero-order chi connectivity index (χ0) is 10.9. The summed E-state index contributed by atoms with van der Waals surface area (Å²) in [5.41, 5.74) is 5.43. The van der Waals surface area contributed by atoms with Crippen LogP contribution in [0.4, 0.5) is 0 Å². The first-order valence-corrected chi connectivity index (χ1v) is 7.29. The van der Waals surface area contributed by atoms with Crippen molar-refractivity contribution in [2.45, 2.75) is 25.4 Å². The summed E-state index contributed by atoms with van der Waals surface area (Å²) in [5.74, 6) is 1.25. The summed E-state index contributed by atoms with van der Waals surface area (Å²) >= 11 is 1.93. The minimum Gasteiger partial charge on any atom is -0.378 e. The highest BCUT2D eigenvalue weighted by molar-refractivity contribution is 7.98. The van der Waals surface area contributed by atoms with E-state index in [0.29, 0.717) is 6.10 Å². The molecule has 90 valence electrons. The van der Waals surface area contributed by atoms with Crippen molar-refractivity contribution in [1.82, 2.24) is 4.90 Å². The summed E-state index contributed by atoms with van der Waals surface area (Å²) in [6, 6.07) is 0. The number of likely N-dealkylation sites (tertiary alicyclic amines) is 1. The monoisotopic (exact) mass is 232 g/mol. The Morgan fingerprint density at radius 2 is 2.13 bits per heavy atom. The summed E-state index contributed by atoms with van der Waals surface area (Å²) in [6.07, 6.45) is 6.04. The predicted octanol–water partition coefficient (Wildman–Crippen LogP) is 1.18. The van der Waals surface area contributed by atoms with E-state index in [-0.39, 0.29) is 0 Å². The second-order valence-electron chi connectivity index (χ2n) is 4.05. The Bertz CT molecular complexity index is 150. The fraction of sp³-hybridized carbons (Fsp3) is 1.00. The van der Waals surface area contributed by atoms with Gasteiger partial charge < -0.3 is 15.4 Å². The van der Waals surface area contributed by atoms with Gasteiger partial charge in [0.1, 0.15) is 0 Å². The molecule has 1 aliphatic rings. The third-order valence-corrected chi connectivity index (χ3v) is 3.44. The summed E-state index contributed by atoms with van der Waals surface area (Å²) in [6.45, 7) is 5.22. The lowest BCUT2D eigenvalue weighted by Crippen LogP contribution is -2.38. The van der Waals surface area contributed by atoms with E-state index < -0.39 is 0 Å². The van der Waals surface area contributed by atoms with Gasteiger partial charge in [-0.3, -0.25) is 0 Å². The van der Waals surface area contributed by atoms with Crippen molar-refractivity contribution < 1.29 is 4.74 Å². The minimum atomic E-state index is 0.488. The highest BCUT2D eigenvalue weighted by atomic mass is 32.2. The number of nitrogens with zero attached hydrogens (tertiary/aromatic N) is 1. The van der Waals surface area contributed by atoms with Gasteiger partial charge in [0.05, 0.1) is 6.10 Å². The summed E-state index contributed by atoms with van der Waals surface area (Å²) in [4.78, 5) is 2.54. The number of rotatable bonds is 7. The van der Waals surface area contributed by atoms with Crippen LogP contribution in [0.2, 0.25) is 0 Å². The number of hydrogen-bond acceptors (Lipinski definition) is 4. The lowest BCUT2D eigenvalue weighted by molar-refractivity contribution is 0.00855. The maximum atomic E-state index is 5.76. The molecule has 0 aliphatic carbocycles. The van der Waals surface area contributed by atoms with E-state index in [0.717, 1.165) is 19.6 Å². The van der Waals surface area contributed by atoms with E-state index in [1.165, 1.54) is 38.2 Å². The first kappa shape index (κ1) is 13.3. The van der Waals surface area contributed by atoms with Crippen LogP contribution < -0.4 is 5.73 Å². The molecule has 0 radical (unpaired) electrons. The molecule has 1 saturated heterocycles. The zero-order valence-electron chi connectivity index (χ0n) is 9.78. The van der Waals surface area contributed by atoms with Crippen molar-refractivity contribution >= 4 is 11.8 Å². The molecule has 3 nitrogen and oxygen atoms in total. The van der Waals surface area contributed by atoms with Gasteiger partial charge in [-0.05, 0) is 32.1 Å². The summed E-state index contributed by atoms with van der Waals surface area (Å²) in [7, 11) is 0. The van der Waals surface area contributed by atoms with Crippen molar-refractivity contribution in [3.63, 3.8) is 0 Å². The van der Waals surface area contributed by atoms with Gasteiger partial charge in [-0.25, -0.2) is 0 Å². The van der Waals surface area contributed by atoms with Crippen LogP contribution in [0.5, 0.6) is 0 Å². The molecule has 1 aliphatic heterocycles. The SMILES string of the molecule is CSCCN1CCC(OCCCN)CC1. The van der Waals surface area contributed by atoms with E-state index in [4.69, 9.17) is 10.5 Å². The Balaban J connectivity index is 2.02. The van der Waals surface area contributed by atoms with E-state index in [9.17, 15) is 0 Å².